The Balaban J connectivity index is 2.15. The third-order valence-corrected chi connectivity index (χ3v) is 4.04. The molecule has 126 valence electrons. The molecule has 24 heavy (non-hydrogen) atoms. The molecule has 2 aromatic rings. The van der Waals surface area contributed by atoms with E-state index < -0.39 is 4.92 Å². The summed E-state index contributed by atoms with van der Waals surface area (Å²) in [6, 6.07) is 10.0. The summed E-state index contributed by atoms with van der Waals surface area (Å²) in [5.41, 5.74) is 3.00. The molecule has 6 nitrogen and oxygen atoms in total. The lowest BCUT2D eigenvalue weighted by atomic mass is 10.1. The standard InChI is InChI=1S/C17H18ClN3O3/c1-11-5-4-6-14(12(11)2)19-17(22)10-20(3)15-8-7-13(18)9-16(15)21(23)24/h4-9H,10H2,1-3H3,(H,19,22). The van der Waals surface area contributed by atoms with Crippen LogP contribution in [0, 0.1) is 24.0 Å². The van der Waals surface area contributed by atoms with E-state index in [4.69, 9.17) is 11.6 Å². The third kappa shape index (κ3) is 4.02. The van der Waals surface area contributed by atoms with Crippen LogP contribution < -0.4 is 10.2 Å². The van der Waals surface area contributed by atoms with Gasteiger partial charge in [-0.15, -0.1) is 0 Å². The number of hydrogen-bond acceptors (Lipinski definition) is 4. The van der Waals surface area contributed by atoms with Gasteiger partial charge in [-0.3, -0.25) is 14.9 Å². The van der Waals surface area contributed by atoms with Gasteiger partial charge >= 0.3 is 0 Å². The maximum absolute atomic E-state index is 12.3. The Hall–Kier alpha value is -2.60. The van der Waals surface area contributed by atoms with Crippen LogP contribution in [-0.2, 0) is 4.79 Å². The lowest BCUT2D eigenvalue weighted by molar-refractivity contribution is -0.384. The number of nitrogens with zero attached hydrogens (tertiary/aromatic N) is 2. The Labute approximate surface area is 145 Å². The lowest BCUT2D eigenvalue weighted by Crippen LogP contribution is -2.30. The first kappa shape index (κ1) is 17.7. The normalized spacial score (nSPS) is 10.3. The zero-order valence-corrected chi connectivity index (χ0v) is 14.4. The molecule has 0 saturated carbocycles. The van der Waals surface area contributed by atoms with Gasteiger partial charge < -0.3 is 10.2 Å². The molecular weight excluding hydrogens is 330 g/mol. The van der Waals surface area contributed by atoms with Gasteiger partial charge in [0.2, 0.25) is 5.91 Å². The number of anilines is 2. The highest BCUT2D eigenvalue weighted by Crippen LogP contribution is 2.30. The zero-order valence-electron chi connectivity index (χ0n) is 13.7. The molecule has 0 saturated heterocycles. The molecule has 2 rings (SSSR count). The minimum atomic E-state index is -0.514. The molecule has 2 aromatic carbocycles. The maximum atomic E-state index is 12.3. The largest absolute Gasteiger partial charge is 0.360 e. The quantitative estimate of drug-likeness (QED) is 0.656. The predicted molar refractivity (Wildman–Crippen MR) is 95.9 cm³/mol. The number of rotatable bonds is 5. The molecule has 0 radical (unpaired) electrons. The molecule has 0 aliphatic rings. The van der Waals surface area contributed by atoms with E-state index in [0.717, 1.165) is 16.8 Å². The third-order valence-electron chi connectivity index (χ3n) is 3.80. The summed E-state index contributed by atoms with van der Waals surface area (Å²) in [5, 5.41) is 14.3. The SMILES string of the molecule is Cc1cccc(NC(=O)CN(C)c2ccc(Cl)cc2[N+](=O)[O-])c1C. The van der Waals surface area contributed by atoms with Crippen LogP contribution in [0.1, 0.15) is 11.1 Å². The van der Waals surface area contributed by atoms with Crippen LogP contribution in [0.2, 0.25) is 5.02 Å². The van der Waals surface area contributed by atoms with Crippen LogP contribution in [0.15, 0.2) is 36.4 Å². The van der Waals surface area contributed by atoms with Gasteiger partial charge in [-0.2, -0.15) is 0 Å². The fraction of sp³-hybridized carbons (Fsp3) is 0.235. The number of nitro benzene ring substituents is 1. The Morgan fingerprint density at radius 2 is 2.00 bits per heavy atom. The van der Waals surface area contributed by atoms with Crippen molar-refractivity contribution in [2.75, 3.05) is 23.8 Å². The van der Waals surface area contributed by atoms with Crippen LogP contribution in [0.4, 0.5) is 17.1 Å². The second kappa shape index (κ2) is 7.31. The fourth-order valence-electron chi connectivity index (χ4n) is 2.34. The summed E-state index contributed by atoms with van der Waals surface area (Å²) in [5.74, 6) is -0.254. The number of amides is 1. The van der Waals surface area contributed by atoms with Crippen LogP contribution in [0.5, 0.6) is 0 Å². The van der Waals surface area contributed by atoms with Crippen molar-refractivity contribution in [3.05, 3.63) is 62.7 Å². The van der Waals surface area contributed by atoms with Crippen molar-refractivity contribution >= 4 is 34.6 Å². The van der Waals surface area contributed by atoms with Crippen molar-refractivity contribution in [2.24, 2.45) is 0 Å². The Kier molecular flexibility index (Phi) is 5.41. The van der Waals surface area contributed by atoms with Gasteiger partial charge in [-0.05, 0) is 43.2 Å². The molecule has 0 fully saturated rings. The number of halogens is 1. The van der Waals surface area contributed by atoms with E-state index in [1.807, 2.05) is 32.0 Å². The highest BCUT2D eigenvalue weighted by Gasteiger charge is 2.19. The van der Waals surface area contributed by atoms with Crippen molar-refractivity contribution in [3.8, 4) is 0 Å². The van der Waals surface area contributed by atoms with Crippen molar-refractivity contribution in [3.63, 3.8) is 0 Å². The maximum Gasteiger partial charge on any atom is 0.294 e. The predicted octanol–water partition coefficient (Wildman–Crippen LogP) is 3.94. The smallest absolute Gasteiger partial charge is 0.294 e. The molecule has 0 aliphatic carbocycles. The fourth-order valence-corrected chi connectivity index (χ4v) is 2.51. The molecule has 0 aliphatic heterocycles. The molecular formula is C17H18ClN3O3. The van der Waals surface area contributed by atoms with Gasteiger partial charge in [0.15, 0.2) is 0 Å². The second-order valence-corrected chi connectivity index (χ2v) is 5.98. The topological polar surface area (TPSA) is 75.5 Å². The van der Waals surface area contributed by atoms with Crippen molar-refractivity contribution in [1.29, 1.82) is 0 Å². The van der Waals surface area contributed by atoms with Crippen LogP contribution in [-0.4, -0.2) is 24.4 Å². The minimum absolute atomic E-state index is 0.0180. The Morgan fingerprint density at radius 3 is 2.67 bits per heavy atom. The number of carbonyl (C=O) groups excluding carboxylic acids is 1. The highest BCUT2D eigenvalue weighted by molar-refractivity contribution is 6.30. The number of nitro groups is 1. The van der Waals surface area contributed by atoms with E-state index in [2.05, 4.69) is 5.32 Å². The molecule has 0 spiro atoms. The number of carbonyl (C=O) groups is 1. The monoisotopic (exact) mass is 347 g/mol. The van der Waals surface area contributed by atoms with E-state index in [1.54, 1.807) is 13.1 Å². The molecule has 0 unspecified atom stereocenters. The molecule has 1 N–H and O–H groups in total. The second-order valence-electron chi connectivity index (χ2n) is 5.54. The number of hydrogen-bond donors (Lipinski definition) is 1. The summed E-state index contributed by atoms with van der Waals surface area (Å²) in [7, 11) is 1.62. The number of benzene rings is 2. The van der Waals surface area contributed by atoms with Crippen molar-refractivity contribution < 1.29 is 9.72 Å². The summed E-state index contributed by atoms with van der Waals surface area (Å²) < 4.78 is 0. The van der Waals surface area contributed by atoms with Gasteiger partial charge in [0, 0.05) is 23.8 Å². The van der Waals surface area contributed by atoms with Crippen molar-refractivity contribution in [1.82, 2.24) is 0 Å². The molecule has 0 aromatic heterocycles. The molecule has 0 heterocycles. The lowest BCUT2D eigenvalue weighted by Gasteiger charge is -2.19. The van der Waals surface area contributed by atoms with E-state index in [0.29, 0.717) is 5.69 Å². The average molecular weight is 348 g/mol. The molecule has 7 heteroatoms. The molecule has 1 amide bonds. The summed E-state index contributed by atoms with van der Waals surface area (Å²) in [6.07, 6.45) is 0. The van der Waals surface area contributed by atoms with Gasteiger partial charge in [-0.25, -0.2) is 0 Å². The summed E-state index contributed by atoms with van der Waals surface area (Å²) in [6.45, 7) is 3.88. The molecule has 0 atom stereocenters. The number of likely N-dealkylation sites (N-methyl/N-ethyl adjacent to an activating group) is 1. The minimum Gasteiger partial charge on any atom is -0.360 e. The summed E-state index contributed by atoms with van der Waals surface area (Å²) >= 11 is 5.81. The summed E-state index contributed by atoms with van der Waals surface area (Å²) in [4.78, 5) is 24.4. The first-order valence-corrected chi connectivity index (χ1v) is 7.68. The van der Waals surface area contributed by atoms with E-state index in [-0.39, 0.29) is 23.2 Å². The number of aryl methyl sites for hydroxylation is 1. The van der Waals surface area contributed by atoms with Crippen LogP contribution >= 0.6 is 11.6 Å². The zero-order chi connectivity index (χ0) is 17.9. The van der Waals surface area contributed by atoms with Gasteiger partial charge in [-0.1, -0.05) is 23.7 Å². The van der Waals surface area contributed by atoms with Gasteiger partial charge in [0.05, 0.1) is 11.5 Å². The first-order chi connectivity index (χ1) is 11.3. The van der Waals surface area contributed by atoms with E-state index >= 15 is 0 Å². The van der Waals surface area contributed by atoms with Crippen molar-refractivity contribution in [2.45, 2.75) is 13.8 Å². The first-order valence-electron chi connectivity index (χ1n) is 7.30. The Bertz CT molecular complexity index is 793. The Morgan fingerprint density at radius 1 is 1.29 bits per heavy atom. The van der Waals surface area contributed by atoms with Gasteiger partial charge in [0.1, 0.15) is 5.69 Å². The highest BCUT2D eigenvalue weighted by atomic mass is 35.5. The number of nitrogens with one attached hydrogen (secondary N) is 1. The average Bonchev–Trinajstić information content (AvgIpc) is 2.51. The van der Waals surface area contributed by atoms with Gasteiger partial charge in [0.25, 0.3) is 5.69 Å². The van der Waals surface area contributed by atoms with E-state index in [1.165, 1.54) is 17.0 Å². The van der Waals surface area contributed by atoms with Crippen LogP contribution in [0.3, 0.4) is 0 Å². The van der Waals surface area contributed by atoms with E-state index in [9.17, 15) is 14.9 Å². The van der Waals surface area contributed by atoms with Crippen LogP contribution in [0.25, 0.3) is 0 Å². The molecule has 0 bridgehead atoms.